The van der Waals surface area contributed by atoms with Crippen LogP contribution in [0.3, 0.4) is 0 Å². The van der Waals surface area contributed by atoms with Crippen LogP contribution in [-0.2, 0) is 11.2 Å². The van der Waals surface area contributed by atoms with Gasteiger partial charge in [-0.1, -0.05) is 12.1 Å². The average Bonchev–Trinajstić information content (AvgIpc) is 2.74. The van der Waals surface area contributed by atoms with Crippen molar-refractivity contribution in [3.63, 3.8) is 0 Å². The Balaban J connectivity index is 1.70. The molecule has 2 aromatic carbocycles. The molecule has 31 heavy (non-hydrogen) atoms. The second-order valence-electron chi connectivity index (χ2n) is 7.79. The molecule has 2 heterocycles. The van der Waals surface area contributed by atoms with Crippen LogP contribution in [0.1, 0.15) is 28.9 Å². The largest absolute Gasteiger partial charge is 0.508 e. The van der Waals surface area contributed by atoms with Crippen LogP contribution < -0.4 is 4.74 Å². The Labute approximate surface area is 176 Å². The van der Waals surface area contributed by atoms with E-state index in [0.29, 0.717) is 5.56 Å². The molecule has 0 radical (unpaired) electrons. The Morgan fingerprint density at radius 1 is 0.871 bits per heavy atom. The van der Waals surface area contributed by atoms with Gasteiger partial charge in [0, 0.05) is 18.1 Å². The van der Waals surface area contributed by atoms with E-state index in [1.807, 2.05) is 0 Å². The maximum absolute atomic E-state index is 10.8. The molecular weight excluding hydrogens is 412 g/mol. The van der Waals surface area contributed by atoms with E-state index in [1.165, 1.54) is 18.2 Å². The Kier molecular flexibility index (Phi) is 5.69. The first-order chi connectivity index (χ1) is 14.7. The monoisotopic (exact) mass is 436 g/mol. The van der Waals surface area contributed by atoms with Crippen LogP contribution in [0.2, 0.25) is 0 Å². The van der Waals surface area contributed by atoms with E-state index >= 15 is 0 Å². The van der Waals surface area contributed by atoms with Crippen LogP contribution in [0, 0.1) is 0 Å². The highest BCUT2D eigenvalue weighted by atomic mass is 16.5. The number of phenols is 3. The highest BCUT2D eigenvalue weighted by Gasteiger charge is 2.46. The number of benzene rings is 2. The van der Waals surface area contributed by atoms with Crippen LogP contribution >= 0.6 is 0 Å². The quantitative estimate of drug-likeness (QED) is 0.308. The molecule has 1 saturated heterocycles. The number of ether oxygens (including phenoxy) is 2. The van der Waals surface area contributed by atoms with Crippen LogP contribution in [0.25, 0.3) is 0 Å². The summed E-state index contributed by atoms with van der Waals surface area (Å²) in [5, 5.41) is 81.1. The van der Waals surface area contributed by atoms with Gasteiger partial charge >= 0.3 is 0 Å². The maximum atomic E-state index is 10.8. The number of aromatic hydroxyl groups is 3. The maximum Gasteiger partial charge on any atom is 0.150 e. The summed E-state index contributed by atoms with van der Waals surface area (Å²) in [6.45, 7) is -0.663. The van der Waals surface area contributed by atoms with E-state index in [-0.39, 0.29) is 29.0 Å². The molecule has 2 aliphatic rings. The summed E-state index contributed by atoms with van der Waals surface area (Å²) >= 11 is 0. The summed E-state index contributed by atoms with van der Waals surface area (Å²) in [5.41, 5.74) is 0.481. The van der Waals surface area contributed by atoms with E-state index < -0.39 is 60.8 Å². The molecule has 2 aromatic rings. The van der Waals surface area contributed by atoms with Gasteiger partial charge in [-0.3, -0.25) is 0 Å². The molecule has 10 heteroatoms. The molecule has 10 nitrogen and oxygen atoms in total. The van der Waals surface area contributed by atoms with Crippen LogP contribution in [0.5, 0.6) is 23.0 Å². The van der Waals surface area contributed by atoms with Crippen LogP contribution in [0.4, 0.5) is 0 Å². The number of phenolic OH excluding ortho intramolecular Hbond substituents is 3. The Hall–Kier alpha value is -2.60. The van der Waals surface area contributed by atoms with Crippen molar-refractivity contribution in [2.45, 2.75) is 49.1 Å². The van der Waals surface area contributed by atoms with Crippen molar-refractivity contribution in [1.29, 1.82) is 0 Å². The first-order valence-corrected chi connectivity index (χ1v) is 9.74. The molecule has 0 aliphatic carbocycles. The first-order valence-electron chi connectivity index (χ1n) is 9.74. The minimum atomic E-state index is -1.70. The molecular formula is C21H24O10. The zero-order valence-corrected chi connectivity index (χ0v) is 16.2. The van der Waals surface area contributed by atoms with Crippen molar-refractivity contribution < 1.29 is 50.3 Å². The lowest BCUT2D eigenvalue weighted by Crippen LogP contribution is -2.55. The van der Waals surface area contributed by atoms with Crippen molar-refractivity contribution in [1.82, 2.24) is 0 Å². The fourth-order valence-electron chi connectivity index (χ4n) is 4.10. The van der Waals surface area contributed by atoms with E-state index in [0.717, 1.165) is 0 Å². The van der Waals surface area contributed by atoms with Crippen LogP contribution in [0.15, 0.2) is 30.3 Å². The lowest BCUT2D eigenvalue weighted by molar-refractivity contribution is -0.232. The number of fused-ring (bicyclic) bond motifs is 1. The fourth-order valence-corrected chi connectivity index (χ4v) is 4.10. The predicted molar refractivity (Wildman–Crippen MR) is 104 cm³/mol. The lowest BCUT2D eigenvalue weighted by Gasteiger charge is -2.41. The number of hydrogen-bond acceptors (Lipinski definition) is 10. The third-order valence-corrected chi connectivity index (χ3v) is 5.80. The molecule has 0 saturated carbocycles. The third kappa shape index (κ3) is 3.67. The first kappa shape index (κ1) is 21.6. The molecule has 0 bridgehead atoms. The molecule has 0 unspecified atom stereocenters. The highest BCUT2D eigenvalue weighted by Crippen LogP contribution is 2.49. The molecule has 0 amide bonds. The number of rotatable bonds is 3. The topological polar surface area (TPSA) is 180 Å². The van der Waals surface area contributed by atoms with Gasteiger partial charge in [-0.15, -0.1) is 0 Å². The Morgan fingerprint density at radius 2 is 1.55 bits per heavy atom. The summed E-state index contributed by atoms with van der Waals surface area (Å²) in [6, 6.07) is 7.24. The van der Waals surface area contributed by atoms with E-state index in [9.17, 15) is 40.9 Å². The van der Waals surface area contributed by atoms with E-state index in [4.69, 9.17) is 9.47 Å². The summed E-state index contributed by atoms with van der Waals surface area (Å²) < 4.78 is 11.2. The van der Waals surface area contributed by atoms with Gasteiger partial charge < -0.3 is 50.3 Å². The third-order valence-electron chi connectivity index (χ3n) is 5.80. The highest BCUT2D eigenvalue weighted by molar-refractivity contribution is 5.58. The number of aliphatic hydroxyl groups excluding tert-OH is 5. The minimum Gasteiger partial charge on any atom is -0.508 e. The van der Waals surface area contributed by atoms with Crippen LogP contribution in [-0.4, -0.2) is 78.0 Å². The predicted octanol–water partition coefficient (Wildman–Crippen LogP) is -0.645. The van der Waals surface area contributed by atoms with Gasteiger partial charge in [-0.2, -0.15) is 0 Å². The van der Waals surface area contributed by atoms with Crippen molar-refractivity contribution in [3.05, 3.63) is 47.0 Å². The summed E-state index contributed by atoms with van der Waals surface area (Å²) in [6.07, 6.45) is -9.60. The summed E-state index contributed by atoms with van der Waals surface area (Å²) in [7, 11) is 0. The lowest BCUT2D eigenvalue weighted by atomic mass is 9.87. The molecule has 0 spiro atoms. The smallest absolute Gasteiger partial charge is 0.150 e. The molecule has 1 fully saturated rings. The zero-order chi connectivity index (χ0) is 22.4. The summed E-state index contributed by atoms with van der Waals surface area (Å²) in [5.74, 6) is -0.843. The minimum absolute atomic E-state index is 0.0499. The van der Waals surface area contributed by atoms with Gasteiger partial charge in [0.1, 0.15) is 59.6 Å². The Morgan fingerprint density at radius 3 is 2.19 bits per heavy atom. The normalized spacial score (nSPS) is 32.9. The molecule has 8 N–H and O–H groups in total. The molecule has 0 aromatic heterocycles. The van der Waals surface area contributed by atoms with Crippen molar-refractivity contribution in [2.75, 3.05) is 6.61 Å². The van der Waals surface area contributed by atoms with Gasteiger partial charge in [0.05, 0.1) is 18.3 Å². The summed E-state index contributed by atoms with van der Waals surface area (Å²) in [4.78, 5) is 0. The second-order valence-corrected chi connectivity index (χ2v) is 7.79. The molecule has 4 rings (SSSR count). The van der Waals surface area contributed by atoms with Gasteiger partial charge in [-0.25, -0.2) is 0 Å². The van der Waals surface area contributed by atoms with Crippen molar-refractivity contribution in [2.24, 2.45) is 0 Å². The standard InChI is InChI=1S/C21H24O10/c22-7-14-17(27)18(28)19(29)21(31-14)15-11(24)6-13-10(16(15)26)5-12(25)20(30-13)8-1-3-9(23)4-2-8/h1-4,6,12,14,17-29H,5,7H2/t12-,14+,17+,18-,19+,20+,21-/m0/s1. The Bertz CT molecular complexity index is 944. The van der Waals surface area contributed by atoms with Gasteiger partial charge in [0.2, 0.25) is 0 Å². The van der Waals surface area contributed by atoms with Gasteiger partial charge in [0.25, 0.3) is 0 Å². The van der Waals surface area contributed by atoms with Crippen molar-refractivity contribution >= 4 is 0 Å². The van der Waals surface area contributed by atoms with Gasteiger partial charge in [-0.05, 0) is 17.7 Å². The second kappa shape index (κ2) is 8.15. The SMILES string of the molecule is OC[C@H]1O[C@@H](c2c(O)cc3c(c2O)C[C@H](O)[C@@H](c2ccc(O)cc2)O3)[C@H](O)[C@@H](O)[C@@H]1O. The van der Waals surface area contributed by atoms with E-state index in [2.05, 4.69) is 0 Å². The zero-order valence-electron chi connectivity index (χ0n) is 16.2. The number of aliphatic hydroxyl groups is 5. The molecule has 7 atom stereocenters. The van der Waals surface area contributed by atoms with E-state index in [1.54, 1.807) is 12.1 Å². The molecule has 168 valence electrons. The molecule has 2 aliphatic heterocycles. The van der Waals surface area contributed by atoms with Gasteiger partial charge in [0.15, 0.2) is 0 Å². The van der Waals surface area contributed by atoms with Crippen molar-refractivity contribution in [3.8, 4) is 23.0 Å². The number of hydrogen-bond donors (Lipinski definition) is 8. The fraction of sp³-hybridized carbons (Fsp3) is 0.429. The average molecular weight is 436 g/mol.